The summed E-state index contributed by atoms with van der Waals surface area (Å²) < 4.78 is 13.4. The fraction of sp³-hybridized carbons (Fsp3) is 0.652. The number of nitrogens with zero attached hydrogens (tertiary/aromatic N) is 2. The zero-order valence-electron chi connectivity index (χ0n) is 17.7. The maximum absolute atomic E-state index is 13.4. The van der Waals surface area contributed by atoms with Crippen LogP contribution in [0.1, 0.15) is 51.5 Å². The predicted octanol–water partition coefficient (Wildman–Crippen LogP) is 3.19. The topological polar surface area (TPSA) is 52.7 Å². The van der Waals surface area contributed by atoms with Crippen LogP contribution >= 0.6 is 0 Å². The maximum atomic E-state index is 13.4. The minimum Gasteiger partial charge on any atom is -0.351 e. The Kier molecular flexibility index (Phi) is 7.64. The molecule has 29 heavy (non-hydrogen) atoms. The van der Waals surface area contributed by atoms with Gasteiger partial charge in [0.15, 0.2) is 0 Å². The summed E-state index contributed by atoms with van der Waals surface area (Å²) in [4.78, 5) is 29.7. The van der Waals surface area contributed by atoms with E-state index in [1.807, 2.05) is 11.0 Å². The molecule has 6 heteroatoms. The Hall–Kier alpha value is -1.95. The summed E-state index contributed by atoms with van der Waals surface area (Å²) in [6, 6.07) is 6.20. The van der Waals surface area contributed by atoms with E-state index in [0.29, 0.717) is 37.9 Å². The minimum absolute atomic E-state index is 0.0307. The molecule has 3 rings (SSSR count). The molecule has 1 aliphatic carbocycles. The van der Waals surface area contributed by atoms with Crippen molar-refractivity contribution in [1.29, 1.82) is 0 Å². The van der Waals surface area contributed by atoms with Gasteiger partial charge in [-0.25, -0.2) is 4.39 Å². The summed E-state index contributed by atoms with van der Waals surface area (Å²) in [7, 11) is 0. The minimum atomic E-state index is -0.286. The third-order valence-corrected chi connectivity index (χ3v) is 6.11. The molecule has 160 valence electrons. The standard InChI is InChI=1S/C23H34FN3O2/c1-17(2)14-21(28)26-10-12-27(13-11-26)22(19-7-3-4-8-19)23(29)25-16-18-6-5-9-20(24)15-18/h5-6,9,15,17,19,22H,3-4,7-8,10-14,16H2,1-2H3,(H,25,29)/t22-/m1/s1. The molecule has 1 atom stereocenters. The summed E-state index contributed by atoms with van der Waals surface area (Å²) in [5, 5.41) is 3.03. The first-order valence-electron chi connectivity index (χ1n) is 11.0. The second kappa shape index (κ2) is 10.2. The van der Waals surface area contributed by atoms with Crippen molar-refractivity contribution < 1.29 is 14.0 Å². The molecule has 1 N–H and O–H groups in total. The summed E-state index contributed by atoms with van der Waals surface area (Å²) in [6.45, 7) is 7.31. The summed E-state index contributed by atoms with van der Waals surface area (Å²) >= 11 is 0. The predicted molar refractivity (Wildman–Crippen MR) is 112 cm³/mol. The number of amides is 2. The molecule has 5 nitrogen and oxygen atoms in total. The number of hydrogen-bond acceptors (Lipinski definition) is 3. The van der Waals surface area contributed by atoms with Crippen LogP contribution in [0.5, 0.6) is 0 Å². The van der Waals surface area contributed by atoms with Crippen molar-refractivity contribution in [3.8, 4) is 0 Å². The largest absolute Gasteiger partial charge is 0.351 e. The molecule has 0 radical (unpaired) electrons. The van der Waals surface area contributed by atoms with Gasteiger partial charge in [-0.1, -0.05) is 38.8 Å². The van der Waals surface area contributed by atoms with Gasteiger partial charge in [-0.3, -0.25) is 14.5 Å². The molecule has 0 unspecified atom stereocenters. The van der Waals surface area contributed by atoms with Crippen LogP contribution in [0.3, 0.4) is 0 Å². The van der Waals surface area contributed by atoms with Crippen LogP contribution in [0.15, 0.2) is 24.3 Å². The summed E-state index contributed by atoms with van der Waals surface area (Å²) in [5.41, 5.74) is 0.771. The van der Waals surface area contributed by atoms with E-state index in [1.54, 1.807) is 6.07 Å². The van der Waals surface area contributed by atoms with Gasteiger partial charge in [0.1, 0.15) is 5.82 Å². The summed E-state index contributed by atoms with van der Waals surface area (Å²) in [5.74, 6) is 0.683. The van der Waals surface area contributed by atoms with Gasteiger partial charge in [0.2, 0.25) is 11.8 Å². The summed E-state index contributed by atoms with van der Waals surface area (Å²) in [6.07, 6.45) is 5.08. The molecular formula is C23H34FN3O2. The second-order valence-electron chi connectivity index (χ2n) is 8.85. The fourth-order valence-corrected chi connectivity index (χ4v) is 4.62. The van der Waals surface area contributed by atoms with Gasteiger partial charge in [-0.15, -0.1) is 0 Å². The van der Waals surface area contributed by atoms with E-state index in [1.165, 1.54) is 25.0 Å². The SMILES string of the molecule is CC(C)CC(=O)N1CCN([C@@H](C(=O)NCc2cccc(F)c2)C2CCCC2)CC1. The molecule has 0 spiro atoms. The molecule has 2 amide bonds. The first-order chi connectivity index (χ1) is 13.9. The molecule has 1 aromatic carbocycles. The van der Waals surface area contributed by atoms with Gasteiger partial charge in [0.05, 0.1) is 6.04 Å². The zero-order valence-corrected chi connectivity index (χ0v) is 17.7. The molecule has 0 aromatic heterocycles. The molecule has 2 fully saturated rings. The lowest BCUT2D eigenvalue weighted by atomic mass is 9.94. The van der Waals surface area contributed by atoms with Crippen molar-refractivity contribution in [2.75, 3.05) is 26.2 Å². The number of nitrogens with one attached hydrogen (secondary N) is 1. The van der Waals surface area contributed by atoms with Gasteiger partial charge in [0.25, 0.3) is 0 Å². The third-order valence-electron chi connectivity index (χ3n) is 6.11. The van der Waals surface area contributed by atoms with E-state index in [0.717, 1.165) is 31.5 Å². The lowest BCUT2D eigenvalue weighted by molar-refractivity contribution is -0.136. The van der Waals surface area contributed by atoms with E-state index in [4.69, 9.17) is 0 Å². The number of piperazine rings is 1. The van der Waals surface area contributed by atoms with Crippen molar-refractivity contribution in [1.82, 2.24) is 15.1 Å². The van der Waals surface area contributed by atoms with Crippen molar-refractivity contribution in [3.05, 3.63) is 35.6 Å². The molecule has 0 bridgehead atoms. The van der Waals surface area contributed by atoms with Crippen LogP contribution in [0.4, 0.5) is 4.39 Å². The quantitative estimate of drug-likeness (QED) is 0.761. The van der Waals surface area contributed by atoms with Crippen molar-refractivity contribution >= 4 is 11.8 Å². The van der Waals surface area contributed by atoms with Gasteiger partial charge in [-0.2, -0.15) is 0 Å². The molecule has 1 saturated heterocycles. The maximum Gasteiger partial charge on any atom is 0.237 e. The average molecular weight is 404 g/mol. The number of rotatable bonds is 7. The van der Waals surface area contributed by atoms with Crippen molar-refractivity contribution in [2.24, 2.45) is 11.8 Å². The number of halogens is 1. The second-order valence-corrected chi connectivity index (χ2v) is 8.85. The van der Waals surface area contributed by atoms with Crippen LogP contribution in [0, 0.1) is 17.7 Å². The van der Waals surface area contributed by atoms with E-state index in [-0.39, 0.29) is 23.7 Å². The van der Waals surface area contributed by atoms with Gasteiger partial charge in [-0.05, 0) is 42.4 Å². The highest BCUT2D eigenvalue weighted by Crippen LogP contribution is 2.31. The highest BCUT2D eigenvalue weighted by molar-refractivity contribution is 5.82. The van der Waals surface area contributed by atoms with E-state index < -0.39 is 0 Å². The first-order valence-corrected chi connectivity index (χ1v) is 11.0. The van der Waals surface area contributed by atoms with Crippen LogP contribution in [-0.4, -0.2) is 53.8 Å². The van der Waals surface area contributed by atoms with Crippen LogP contribution in [0.2, 0.25) is 0 Å². The van der Waals surface area contributed by atoms with E-state index >= 15 is 0 Å². The van der Waals surface area contributed by atoms with Gasteiger partial charge in [0, 0.05) is 39.1 Å². The molecule has 1 aromatic rings. The number of hydrogen-bond donors (Lipinski definition) is 1. The number of carbonyl (C=O) groups excluding carboxylic acids is 2. The van der Waals surface area contributed by atoms with E-state index in [2.05, 4.69) is 24.1 Å². The smallest absolute Gasteiger partial charge is 0.237 e. The van der Waals surface area contributed by atoms with Crippen molar-refractivity contribution in [3.63, 3.8) is 0 Å². The highest BCUT2D eigenvalue weighted by atomic mass is 19.1. The average Bonchev–Trinajstić information content (AvgIpc) is 3.21. The van der Waals surface area contributed by atoms with Crippen molar-refractivity contribution in [2.45, 2.75) is 58.5 Å². The molecule has 1 heterocycles. The van der Waals surface area contributed by atoms with E-state index in [9.17, 15) is 14.0 Å². The Morgan fingerprint density at radius 3 is 2.45 bits per heavy atom. The van der Waals surface area contributed by atoms with Crippen LogP contribution < -0.4 is 5.32 Å². The zero-order chi connectivity index (χ0) is 20.8. The van der Waals surface area contributed by atoms with Crippen LogP contribution in [0.25, 0.3) is 0 Å². The monoisotopic (exact) mass is 403 g/mol. The third kappa shape index (κ3) is 6.01. The molecular weight excluding hydrogens is 369 g/mol. The lowest BCUT2D eigenvalue weighted by Crippen LogP contribution is -2.58. The lowest BCUT2D eigenvalue weighted by Gasteiger charge is -2.41. The molecule has 2 aliphatic rings. The van der Waals surface area contributed by atoms with Gasteiger partial charge < -0.3 is 10.2 Å². The Morgan fingerprint density at radius 1 is 1.14 bits per heavy atom. The fourth-order valence-electron chi connectivity index (χ4n) is 4.62. The Morgan fingerprint density at radius 2 is 1.83 bits per heavy atom. The normalized spacial score (nSPS) is 19.5. The Balaban J connectivity index is 1.60. The Labute approximate surface area is 173 Å². The van der Waals surface area contributed by atoms with Crippen LogP contribution in [-0.2, 0) is 16.1 Å². The first kappa shape index (κ1) is 21.8. The number of benzene rings is 1. The number of carbonyl (C=O) groups is 2. The Bertz CT molecular complexity index is 695. The molecule has 1 aliphatic heterocycles. The molecule has 1 saturated carbocycles. The van der Waals surface area contributed by atoms with Gasteiger partial charge >= 0.3 is 0 Å². The highest BCUT2D eigenvalue weighted by Gasteiger charge is 2.37.